The van der Waals surface area contributed by atoms with Gasteiger partial charge < -0.3 is 25.8 Å². The van der Waals surface area contributed by atoms with Crippen molar-refractivity contribution in [3.8, 4) is 11.5 Å². The van der Waals surface area contributed by atoms with E-state index in [2.05, 4.69) is 32.5 Å². The van der Waals surface area contributed by atoms with E-state index in [9.17, 15) is 26.8 Å². The fraction of sp³-hybridized carbons (Fsp3) is 0.394. The van der Waals surface area contributed by atoms with Gasteiger partial charge in [0.2, 0.25) is 10.0 Å². The fourth-order valence-electron chi connectivity index (χ4n) is 5.44. The van der Waals surface area contributed by atoms with Crippen LogP contribution >= 0.6 is 12.4 Å². The van der Waals surface area contributed by atoms with E-state index in [4.69, 9.17) is 9.84 Å². The number of likely N-dealkylation sites (tertiary alicyclic amines) is 1. The molecule has 4 rings (SSSR count). The summed E-state index contributed by atoms with van der Waals surface area (Å²) in [5.74, 6) is -1.70. The van der Waals surface area contributed by atoms with Crippen LogP contribution in [0.5, 0.6) is 11.5 Å². The minimum Gasteiger partial charge on any atom is -0.457 e. The lowest BCUT2D eigenvalue weighted by molar-refractivity contribution is 0.0940. The number of piperidine rings is 1. The summed E-state index contributed by atoms with van der Waals surface area (Å²) >= 11 is 0. The molecular weight excluding hydrogens is 668 g/mol. The summed E-state index contributed by atoms with van der Waals surface area (Å²) in [6.45, 7) is 3.13. The quantitative estimate of drug-likeness (QED) is 0.146. The van der Waals surface area contributed by atoms with Crippen molar-refractivity contribution in [2.45, 2.75) is 57.7 Å². The number of sulfonamides is 1. The van der Waals surface area contributed by atoms with Crippen molar-refractivity contribution in [1.29, 1.82) is 0 Å². The Labute approximate surface area is 285 Å². The Balaban J connectivity index is 0.00000625. The van der Waals surface area contributed by atoms with Crippen LogP contribution in [0, 0.1) is 11.6 Å². The highest BCUT2D eigenvalue weighted by Crippen LogP contribution is 2.27. The number of carbonyl (C=O) groups excluding carboxylic acids is 2. The molecule has 3 aromatic rings. The Morgan fingerprint density at radius 2 is 1.69 bits per heavy atom. The Morgan fingerprint density at radius 1 is 1.02 bits per heavy atom. The highest BCUT2D eigenvalue weighted by atomic mass is 35.5. The Hall–Kier alpha value is -3.98. The number of aliphatic hydroxyl groups excluding tert-OH is 1. The molecule has 0 radical (unpaired) electrons. The minimum atomic E-state index is -3.36. The number of nitrogens with zero attached hydrogens (tertiary/aromatic N) is 1. The van der Waals surface area contributed by atoms with Crippen molar-refractivity contribution in [3.63, 3.8) is 0 Å². The zero-order valence-electron chi connectivity index (χ0n) is 26.8. The first-order valence-corrected chi connectivity index (χ1v) is 17.4. The van der Waals surface area contributed by atoms with E-state index < -0.39 is 39.2 Å². The first-order chi connectivity index (χ1) is 22.4. The van der Waals surface area contributed by atoms with Gasteiger partial charge in [0, 0.05) is 43.5 Å². The molecule has 262 valence electrons. The van der Waals surface area contributed by atoms with Gasteiger partial charge in [-0.05, 0) is 67.3 Å². The topological polar surface area (TPSA) is 149 Å². The molecule has 5 N–H and O–H groups in total. The fourth-order valence-corrected chi connectivity index (χ4v) is 6.01. The maximum Gasteiger partial charge on any atom is 0.319 e. The third-order valence-corrected chi connectivity index (χ3v) is 8.32. The minimum absolute atomic E-state index is 0. The summed E-state index contributed by atoms with van der Waals surface area (Å²) in [4.78, 5) is 27.4. The monoisotopic (exact) mass is 709 g/mol. The molecule has 0 bridgehead atoms. The van der Waals surface area contributed by atoms with Crippen LogP contribution in [0.1, 0.15) is 54.9 Å². The SMILES string of the molecule is CCCCC1CC(NC(=O)Nc2cc(C(=O)NCCO)c(F)cc2F)CCN1Cc1ccc(Oc2ccc(NS(C)(=O)=O)cc2)cc1.Cl. The summed E-state index contributed by atoms with van der Waals surface area (Å²) in [6, 6.07) is 15.3. The smallest absolute Gasteiger partial charge is 0.319 e. The predicted octanol–water partition coefficient (Wildman–Crippen LogP) is 5.62. The molecule has 0 spiro atoms. The van der Waals surface area contributed by atoms with Crippen molar-refractivity contribution < 1.29 is 36.6 Å². The predicted molar refractivity (Wildman–Crippen MR) is 183 cm³/mol. The van der Waals surface area contributed by atoms with E-state index in [-0.39, 0.29) is 43.3 Å². The van der Waals surface area contributed by atoms with E-state index >= 15 is 0 Å². The number of nitrogens with one attached hydrogen (secondary N) is 4. The lowest BCUT2D eigenvalue weighted by Crippen LogP contribution is -2.50. The van der Waals surface area contributed by atoms with Gasteiger partial charge in [0.05, 0.1) is 24.1 Å². The highest BCUT2D eigenvalue weighted by Gasteiger charge is 2.29. The number of unbranched alkanes of at least 4 members (excludes halogenated alkanes) is 1. The van der Waals surface area contributed by atoms with E-state index in [0.717, 1.165) is 43.7 Å². The van der Waals surface area contributed by atoms with Gasteiger partial charge in [0.15, 0.2) is 0 Å². The van der Waals surface area contributed by atoms with Gasteiger partial charge in [-0.1, -0.05) is 31.9 Å². The largest absolute Gasteiger partial charge is 0.457 e. The number of aliphatic hydroxyl groups is 1. The summed E-state index contributed by atoms with van der Waals surface area (Å²) in [7, 11) is -3.36. The molecule has 11 nitrogen and oxygen atoms in total. The first kappa shape index (κ1) is 38.5. The van der Waals surface area contributed by atoms with Crippen LogP contribution in [0.3, 0.4) is 0 Å². The maximum atomic E-state index is 14.5. The lowest BCUT2D eigenvalue weighted by Gasteiger charge is -2.40. The molecular formula is C33H42ClF2N5O6S. The molecule has 2 unspecified atom stereocenters. The van der Waals surface area contributed by atoms with Crippen molar-refractivity contribution in [2.24, 2.45) is 0 Å². The zero-order valence-corrected chi connectivity index (χ0v) is 28.4. The molecule has 2 atom stereocenters. The molecule has 1 heterocycles. The van der Waals surface area contributed by atoms with Gasteiger partial charge in [0.1, 0.15) is 23.1 Å². The van der Waals surface area contributed by atoms with Gasteiger partial charge in [-0.25, -0.2) is 22.0 Å². The molecule has 3 aromatic carbocycles. The van der Waals surface area contributed by atoms with Crippen LogP contribution < -0.4 is 25.4 Å². The standard InChI is InChI=1S/C33H41F2N5O6S.ClH/c1-3-4-5-25-18-24(37-33(43)38-31-19-28(29(34)20-30(31)35)32(42)36-15-17-41)14-16-40(25)21-22-6-10-26(11-7-22)46-27-12-8-23(9-13-27)39-47(2,44)45;/h6-13,19-20,24-25,39,41H,3-5,14-18,21H2,1-2H3,(H,36,42)(H2,37,38,43);1H. The second kappa shape index (κ2) is 18.0. The van der Waals surface area contributed by atoms with Crippen LogP contribution in [0.2, 0.25) is 0 Å². The zero-order chi connectivity index (χ0) is 34.0. The van der Waals surface area contributed by atoms with Crippen molar-refractivity contribution >= 4 is 45.7 Å². The van der Waals surface area contributed by atoms with Crippen LogP contribution in [0.25, 0.3) is 0 Å². The number of hydrogen-bond donors (Lipinski definition) is 5. The number of urea groups is 1. The van der Waals surface area contributed by atoms with Gasteiger partial charge in [-0.15, -0.1) is 12.4 Å². The molecule has 1 saturated heterocycles. The van der Waals surface area contributed by atoms with Crippen LogP contribution in [0.4, 0.5) is 25.0 Å². The summed E-state index contributed by atoms with van der Waals surface area (Å²) in [6.07, 6.45) is 5.44. The van der Waals surface area contributed by atoms with Crippen LogP contribution in [-0.4, -0.2) is 68.4 Å². The lowest BCUT2D eigenvalue weighted by atomic mass is 9.93. The number of rotatable bonds is 14. The van der Waals surface area contributed by atoms with Crippen LogP contribution in [-0.2, 0) is 16.6 Å². The summed E-state index contributed by atoms with van der Waals surface area (Å²) in [5, 5.41) is 16.5. The number of anilines is 2. The Bertz CT molecular complexity index is 1630. The molecule has 0 aromatic heterocycles. The first-order valence-electron chi connectivity index (χ1n) is 15.5. The Kier molecular flexibility index (Phi) is 14.4. The van der Waals surface area contributed by atoms with Gasteiger partial charge in [0.25, 0.3) is 5.91 Å². The normalized spacial score (nSPS) is 16.4. The summed E-state index contributed by atoms with van der Waals surface area (Å²) in [5.41, 5.74) is 0.776. The van der Waals surface area contributed by atoms with E-state index in [1.165, 1.54) is 0 Å². The number of carbonyl (C=O) groups is 2. The molecule has 15 heteroatoms. The average molecular weight is 710 g/mol. The number of benzene rings is 3. The number of hydrogen-bond acceptors (Lipinski definition) is 7. The van der Waals surface area contributed by atoms with Crippen molar-refractivity contribution in [2.75, 3.05) is 36.0 Å². The van der Waals surface area contributed by atoms with Crippen molar-refractivity contribution in [1.82, 2.24) is 15.5 Å². The average Bonchev–Trinajstić information content (AvgIpc) is 3.02. The molecule has 1 aliphatic heterocycles. The third-order valence-electron chi connectivity index (χ3n) is 7.71. The van der Waals surface area contributed by atoms with Gasteiger partial charge >= 0.3 is 6.03 Å². The molecule has 1 fully saturated rings. The maximum absolute atomic E-state index is 14.5. The molecule has 3 amide bonds. The highest BCUT2D eigenvalue weighted by molar-refractivity contribution is 7.92. The number of amides is 3. The third kappa shape index (κ3) is 11.6. The molecule has 1 aliphatic rings. The second-order valence-corrected chi connectivity index (χ2v) is 13.3. The molecule has 0 saturated carbocycles. The van der Waals surface area contributed by atoms with E-state index in [1.807, 2.05) is 24.3 Å². The van der Waals surface area contributed by atoms with Crippen molar-refractivity contribution in [3.05, 3.63) is 83.4 Å². The van der Waals surface area contributed by atoms with E-state index in [1.54, 1.807) is 24.3 Å². The van der Waals surface area contributed by atoms with E-state index in [0.29, 0.717) is 42.6 Å². The summed E-state index contributed by atoms with van der Waals surface area (Å²) < 4.78 is 59.8. The number of halogens is 3. The molecule has 0 aliphatic carbocycles. The van der Waals surface area contributed by atoms with Gasteiger partial charge in [-0.3, -0.25) is 14.4 Å². The second-order valence-electron chi connectivity index (χ2n) is 11.5. The number of ether oxygens (including phenoxy) is 1. The molecule has 48 heavy (non-hydrogen) atoms. The Morgan fingerprint density at radius 3 is 2.31 bits per heavy atom. The van der Waals surface area contributed by atoms with Gasteiger partial charge in [-0.2, -0.15) is 0 Å². The van der Waals surface area contributed by atoms with Crippen LogP contribution in [0.15, 0.2) is 60.7 Å².